The number of benzene rings is 1. The van der Waals surface area contributed by atoms with Crippen LogP contribution in [-0.4, -0.2) is 11.0 Å². The second-order valence-corrected chi connectivity index (χ2v) is 5.70. The molecule has 0 radical (unpaired) electrons. The molecule has 0 saturated heterocycles. The molecule has 0 aliphatic heterocycles. The van der Waals surface area contributed by atoms with Gasteiger partial charge in [0.05, 0.1) is 15.7 Å². The second-order valence-electron chi connectivity index (χ2n) is 4.89. The first-order valence-electron chi connectivity index (χ1n) is 6.72. The number of hydrogen-bond acceptors (Lipinski definition) is 2. The van der Waals surface area contributed by atoms with Crippen molar-refractivity contribution in [2.45, 2.75) is 32.4 Å². The quantitative estimate of drug-likeness (QED) is 0.850. The first-order valence-corrected chi connectivity index (χ1v) is 7.48. The van der Waals surface area contributed by atoms with Gasteiger partial charge in [0.1, 0.15) is 0 Å². The lowest BCUT2D eigenvalue weighted by molar-refractivity contribution is 0.510. The van der Waals surface area contributed by atoms with Crippen molar-refractivity contribution in [3.05, 3.63) is 63.9 Å². The van der Waals surface area contributed by atoms with E-state index in [1.54, 1.807) is 0 Å². The van der Waals surface area contributed by atoms with Gasteiger partial charge in [-0.2, -0.15) is 0 Å². The number of rotatable bonds is 6. The maximum absolute atomic E-state index is 6.01. The van der Waals surface area contributed by atoms with Crippen molar-refractivity contribution >= 4 is 23.2 Å². The molecule has 0 fully saturated rings. The van der Waals surface area contributed by atoms with Crippen LogP contribution in [-0.2, 0) is 13.0 Å². The van der Waals surface area contributed by atoms with Crippen molar-refractivity contribution in [2.75, 3.05) is 0 Å². The second kappa shape index (κ2) is 7.63. The van der Waals surface area contributed by atoms with E-state index in [1.807, 2.05) is 42.6 Å². The highest BCUT2D eigenvalue weighted by Gasteiger charge is 2.04. The minimum absolute atomic E-state index is 0.423. The number of nitrogens with zero attached hydrogens (tertiary/aromatic N) is 1. The normalized spacial score (nSPS) is 12.3. The molecule has 0 aliphatic rings. The summed E-state index contributed by atoms with van der Waals surface area (Å²) in [4.78, 5) is 4.30. The molecule has 1 N–H and O–H groups in total. The summed E-state index contributed by atoms with van der Waals surface area (Å²) in [6.07, 6.45) is 3.84. The van der Waals surface area contributed by atoms with Crippen molar-refractivity contribution in [2.24, 2.45) is 0 Å². The Morgan fingerprint density at radius 2 is 2.00 bits per heavy atom. The molecule has 0 spiro atoms. The zero-order chi connectivity index (χ0) is 14.4. The molecular formula is C16H18Cl2N2. The molecular weight excluding hydrogens is 291 g/mol. The Balaban J connectivity index is 1.77. The van der Waals surface area contributed by atoms with Crippen LogP contribution in [0, 0.1) is 0 Å². The van der Waals surface area contributed by atoms with Crippen LogP contribution in [0.3, 0.4) is 0 Å². The Hall–Kier alpha value is -1.09. The van der Waals surface area contributed by atoms with Crippen LogP contribution < -0.4 is 5.32 Å². The molecule has 0 bridgehead atoms. The van der Waals surface area contributed by atoms with Crippen LogP contribution >= 0.6 is 23.2 Å². The molecule has 1 aromatic carbocycles. The maximum atomic E-state index is 6.01. The van der Waals surface area contributed by atoms with Gasteiger partial charge < -0.3 is 5.32 Å². The fourth-order valence-electron chi connectivity index (χ4n) is 1.96. The summed E-state index contributed by atoms with van der Waals surface area (Å²) < 4.78 is 0. The van der Waals surface area contributed by atoms with E-state index in [9.17, 15) is 0 Å². The van der Waals surface area contributed by atoms with E-state index in [2.05, 4.69) is 17.2 Å². The van der Waals surface area contributed by atoms with Crippen LogP contribution in [0.2, 0.25) is 10.0 Å². The van der Waals surface area contributed by atoms with Crippen molar-refractivity contribution in [3.8, 4) is 0 Å². The van der Waals surface area contributed by atoms with Crippen molar-refractivity contribution in [1.82, 2.24) is 10.3 Å². The molecule has 106 valence electrons. The third-order valence-electron chi connectivity index (χ3n) is 3.21. The molecule has 0 amide bonds. The third kappa shape index (κ3) is 4.78. The van der Waals surface area contributed by atoms with E-state index in [-0.39, 0.29) is 0 Å². The van der Waals surface area contributed by atoms with Crippen LogP contribution in [0.25, 0.3) is 0 Å². The minimum Gasteiger partial charge on any atom is -0.309 e. The molecule has 0 aliphatic carbocycles. The predicted molar refractivity (Wildman–Crippen MR) is 85.3 cm³/mol. The number of halogens is 2. The van der Waals surface area contributed by atoms with E-state index >= 15 is 0 Å². The highest BCUT2D eigenvalue weighted by molar-refractivity contribution is 6.42. The molecule has 0 saturated carbocycles. The van der Waals surface area contributed by atoms with Crippen LogP contribution in [0.15, 0.2) is 42.6 Å². The van der Waals surface area contributed by atoms with Gasteiger partial charge in [0, 0.05) is 18.8 Å². The van der Waals surface area contributed by atoms with Crippen LogP contribution in [0.1, 0.15) is 24.6 Å². The van der Waals surface area contributed by atoms with Gasteiger partial charge in [0.15, 0.2) is 0 Å². The van der Waals surface area contributed by atoms with Gasteiger partial charge in [-0.05, 0) is 49.6 Å². The lowest BCUT2D eigenvalue weighted by Gasteiger charge is -2.13. The predicted octanol–water partition coefficient (Wildman–Crippen LogP) is 4.50. The van der Waals surface area contributed by atoms with Gasteiger partial charge in [-0.1, -0.05) is 35.3 Å². The van der Waals surface area contributed by atoms with E-state index in [0.29, 0.717) is 16.1 Å². The molecule has 1 heterocycles. The fraction of sp³-hybridized carbons (Fsp3) is 0.312. The number of hydrogen-bond donors (Lipinski definition) is 1. The Labute approximate surface area is 130 Å². The molecule has 1 unspecified atom stereocenters. The molecule has 2 nitrogen and oxygen atoms in total. The average molecular weight is 309 g/mol. The Morgan fingerprint density at radius 1 is 1.15 bits per heavy atom. The molecule has 1 aromatic heterocycles. The summed E-state index contributed by atoms with van der Waals surface area (Å²) in [5, 5.41) is 4.71. The average Bonchev–Trinajstić information content (AvgIpc) is 2.47. The molecule has 1 atom stereocenters. The molecule has 20 heavy (non-hydrogen) atoms. The third-order valence-corrected chi connectivity index (χ3v) is 3.95. The van der Waals surface area contributed by atoms with Crippen molar-refractivity contribution in [1.29, 1.82) is 0 Å². The minimum atomic E-state index is 0.423. The summed E-state index contributed by atoms with van der Waals surface area (Å²) in [5.74, 6) is 0. The van der Waals surface area contributed by atoms with E-state index < -0.39 is 0 Å². The Morgan fingerprint density at radius 3 is 2.70 bits per heavy atom. The first-order chi connectivity index (χ1) is 9.65. The lowest BCUT2D eigenvalue weighted by Crippen LogP contribution is -2.26. The number of aromatic nitrogens is 1. The Bertz CT molecular complexity index is 543. The van der Waals surface area contributed by atoms with Gasteiger partial charge in [-0.3, -0.25) is 4.98 Å². The molecule has 2 aromatic rings. The van der Waals surface area contributed by atoms with Gasteiger partial charge in [-0.25, -0.2) is 0 Å². The summed E-state index contributed by atoms with van der Waals surface area (Å²) in [5.41, 5.74) is 2.28. The largest absolute Gasteiger partial charge is 0.309 e. The summed E-state index contributed by atoms with van der Waals surface area (Å²) in [7, 11) is 0. The lowest BCUT2D eigenvalue weighted by atomic mass is 10.1. The first kappa shape index (κ1) is 15.3. The summed E-state index contributed by atoms with van der Waals surface area (Å²) in [6, 6.07) is 12.2. The van der Waals surface area contributed by atoms with E-state index in [0.717, 1.165) is 25.1 Å². The topological polar surface area (TPSA) is 24.9 Å². The maximum Gasteiger partial charge on any atom is 0.0595 e. The Kier molecular flexibility index (Phi) is 5.84. The van der Waals surface area contributed by atoms with Gasteiger partial charge in [-0.15, -0.1) is 0 Å². The van der Waals surface area contributed by atoms with Crippen molar-refractivity contribution < 1.29 is 0 Å². The molecule has 4 heteroatoms. The monoisotopic (exact) mass is 308 g/mol. The van der Waals surface area contributed by atoms with E-state index in [1.165, 1.54) is 5.56 Å². The highest BCUT2D eigenvalue weighted by Crippen LogP contribution is 2.23. The van der Waals surface area contributed by atoms with Gasteiger partial charge in [0.25, 0.3) is 0 Å². The van der Waals surface area contributed by atoms with Gasteiger partial charge >= 0.3 is 0 Å². The number of pyridine rings is 1. The van der Waals surface area contributed by atoms with Crippen molar-refractivity contribution in [3.63, 3.8) is 0 Å². The van der Waals surface area contributed by atoms with Crippen LogP contribution in [0.5, 0.6) is 0 Å². The van der Waals surface area contributed by atoms with E-state index in [4.69, 9.17) is 23.2 Å². The zero-order valence-corrected chi connectivity index (χ0v) is 13.0. The SMILES string of the molecule is CC(CCc1ccc(Cl)c(Cl)c1)NCc1ccccn1. The highest BCUT2D eigenvalue weighted by atomic mass is 35.5. The number of nitrogens with one attached hydrogen (secondary N) is 1. The zero-order valence-electron chi connectivity index (χ0n) is 11.4. The summed E-state index contributed by atoms with van der Waals surface area (Å²) >= 11 is 11.9. The fourth-order valence-corrected chi connectivity index (χ4v) is 2.28. The number of aryl methyl sites for hydroxylation is 1. The molecule has 2 rings (SSSR count). The van der Waals surface area contributed by atoms with Crippen LogP contribution in [0.4, 0.5) is 0 Å². The summed E-state index contributed by atoms with van der Waals surface area (Å²) in [6.45, 7) is 2.98. The standard InChI is InChI=1S/C16H18Cl2N2/c1-12(20-11-14-4-2-3-9-19-14)5-6-13-7-8-15(17)16(18)10-13/h2-4,7-10,12,20H,5-6,11H2,1H3. The van der Waals surface area contributed by atoms with Gasteiger partial charge in [0.2, 0.25) is 0 Å². The smallest absolute Gasteiger partial charge is 0.0595 e.